The molecule has 2 N–H and O–H groups in total. The highest BCUT2D eigenvalue weighted by Gasteiger charge is 1.88. The van der Waals surface area contributed by atoms with Crippen LogP contribution in [-0.2, 0) is 6.42 Å². The second-order valence-corrected chi connectivity index (χ2v) is 2.43. The standard InChI is InChI=1S/C6H10N2S/c1-2-3-5-4-7-6(9)8-5/h4H,2-3H2,1H3,(H2,7,8,9). The Morgan fingerprint density at radius 3 is 2.89 bits per heavy atom. The Labute approximate surface area is 59.3 Å². The molecule has 0 amide bonds. The van der Waals surface area contributed by atoms with Crippen molar-refractivity contribution < 1.29 is 0 Å². The molecule has 0 aliphatic heterocycles. The first-order chi connectivity index (χ1) is 4.33. The highest BCUT2D eigenvalue weighted by atomic mass is 32.1. The van der Waals surface area contributed by atoms with E-state index in [1.165, 1.54) is 5.69 Å². The summed E-state index contributed by atoms with van der Waals surface area (Å²) in [6.45, 7) is 2.14. The zero-order chi connectivity index (χ0) is 6.69. The lowest BCUT2D eigenvalue weighted by molar-refractivity contribution is 0.891. The first-order valence-corrected chi connectivity index (χ1v) is 3.50. The van der Waals surface area contributed by atoms with Gasteiger partial charge in [-0.05, 0) is 18.6 Å². The fourth-order valence-electron chi connectivity index (χ4n) is 0.775. The Kier molecular flexibility index (Phi) is 2.05. The van der Waals surface area contributed by atoms with Crippen molar-refractivity contribution >= 4 is 12.2 Å². The molecule has 0 spiro atoms. The summed E-state index contributed by atoms with van der Waals surface area (Å²) < 4.78 is 0.721. The fraction of sp³-hybridized carbons (Fsp3) is 0.500. The van der Waals surface area contributed by atoms with Gasteiger partial charge in [-0.25, -0.2) is 0 Å². The predicted octanol–water partition coefficient (Wildman–Crippen LogP) is 2.02. The van der Waals surface area contributed by atoms with Crippen molar-refractivity contribution in [1.29, 1.82) is 0 Å². The number of imidazole rings is 1. The minimum Gasteiger partial charge on any atom is -0.337 e. The topological polar surface area (TPSA) is 31.6 Å². The number of hydrogen-bond donors (Lipinski definition) is 2. The largest absolute Gasteiger partial charge is 0.337 e. The quantitative estimate of drug-likeness (QED) is 0.608. The first kappa shape index (κ1) is 6.55. The molecule has 1 rings (SSSR count). The Balaban J connectivity index is 2.73. The lowest BCUT2D eigenvalue weighted by atomic mass is 10.3. The van der Waals surface area contributed by atoms with Gasteiger partial charge in [0, 0.05) is 11.9 Å². The minimum absolute atomic E-state index is 0.721. The lowest BCUT2D eigenvalue weighted by Crippen LogP contribution is -1.79. The zero-order valence-electron chi connectivity index (χ0n) is 5.40. The van der Waals surface area contributed by atoms with Crippen LogP contribution in [0.25, 0.3) is 0 Å². The maximum Gasteiger partial charge on any atom is 0.174 e. The van der Waals surface area contributed by atoms with Crippen molar-refractivity contribution in [2.75, 3.05) is 0 Å². The van der Waals surface area contributed by atoms with Gasteiger partial charge < -0.3 is 9.97 Å². The van der Waals surface area contributed by atoms with Gasteiger partial charge in [-0.15, -0.1) is 0 Å². The van der Waals surface area contributed by atoms with Crippen LogP contribution in [0, 0.1) is 4.77 Å². The molecular formula is C6H10N2S. The lowest BCUT2D eigenvalue weighted by Gasteiger charge is -1.86. The van der Waals surface area contributed by atoms with Crippen LogP contribution in [0.3, 0.4) is 0 Å². The molecular weight excluding hydrogens is 132 g/mol. The molecule has 1 aromatic heterocycles. The van der Waals surface area contributed by atoms with Gasteiger partial charge in [0.15, 0.2) is 4.77 Å². The predicted molar refractivity (Wildman–Crippen MR) is 40.0 cm³/mol. The summed E-state index contributed by atoms with van der Waals surface area (Å²) in [7, 11) is 0. The van der Waals surface area contributed by atoms with Gasteiger partial charge in [-0.3, -0.25) is 0 Å². The van der Waals surface area contributed by atoms with Crippen LogP contribution >= 0.6 is 12.2 Å². The Morgan fingerprint density at radius 1 is 1.67 bits per heavy atom. The molecule has 0 saturated heterocycles. The van der Waals surface area contributed by atoms with Crippen molar-refractivity contribution in [3.63, 3.8) is 0 Å². The van der Waals surface area contributed by atoms with Gasteiger partial charge in [0.05, 0.1) is 0 Å². The third-order valence-corrected chi connectivity index (χ3v) is 1.39. The third kappa shape index (κ3) is 1.68. The molecule has 0 aromatic carbocycles. The molecule has 50 valence electrons. The zero-order valence-corrected chi connectivity index (χ0v) is 6.22. The summed E-state index contributed by atoms with van der Waals surface area (Å²) in [6.07, 6.45) is 4.15. The van der Waals surface area contributed by atoms with E-state index in [1.54, 1.807) is 0 Å². The van der Waals surface area contributed by atoms with Crippen LogP contribution in [0.2, 0.25) is 0 Å². The summed E-state index contributed by atoms with van der Waals surface area (Å²) in [5, 5.41) is 0. The van der Waals surface area contributed by atoms with E-state index < -0.39 is 0 Å². The summed E-state index contributed by atoms with van der Waals surface area (Å²) in [4.78, 5) is 5.95. The van der Waals surface area contributed by atoms with Crippen molar-refractivity contribution in [3.05, 3.63) is 16.7 Å². The van der Waals surface area contributed by atoms with E-state index in [-0.39, 0.29) is 0 Å². The SMILES string of the molecule is CCCc1c[nH]c(=S)[nH]1. The smallest absolute Gasteiger partial charge is 0.174 e. The third-order valence-electron chi connectivity index (χ3n) is 1.17. The fourth-order valence-corrected chi connectivity index (χ4v) is 0.965. The average molecular weight is 142 g/mol. The summed E-state index contributed by atoms with van der Waals surface area (Å²) >= 11 is 4.84. The molecule has 0 saturated carbocycles. The summed E-state index contributed by atoms with van der Waals surface area (Å²) in [5.74, 6) is 0. The van der Waals surface area contributed by atoms with Crippen molar-refractivity contribution in [1.82, 2.24) is 9.97 Å². The van der Waals surface area contributed by atoms with E-state index in [0.717, 1.165) is 17.6 Å². The van der Waals surface area contributed by atoms with E-state index in [4.69, 9.17) is 12.2 Å². The molecule has 1 heterocycles. The number of H-pyrrole nitrogens is 2. The highest BCUT2D eigenvalue weighted by molar-refractivity contribution is 7.71. The summed E-state index contributed by atoms with van der Waals surface area (Å²) in [6, 6.07) is 0. The van der Waals surface area contributed by atoms with Crippen LogP contribution in [0.4, 0.5) is 0 Å². The van der Waals surface area contributed by atoms with E-state index in [9.17, 15) is 0 Å². The maximum atomic E-state index is 4.84. The van der Waals surface area contributed by atoms with Gasteiger partial charge in [0.25, 0.3) is 0 Å². The Bertz CT molecular complexity index is 223. The molecule has 0 atom stereocenters. The molecule has 0 aliphatic rings. The molecule has 9 heavy (non-hydrogen) atoms. The highest BCUT2D eigenvalue weighted by Crippen LogP contribution is 1.95. The van der Waals surface area contributed by atoms with Gasteiger partial charge in [-0.2, -0.15) is 0 Å². The monoisotopic (exact) mass is 142 g/mol. The van der Waals surface area contributed by atoms with Gasteiger partial charge in [0.1, 0.15) is 0 Å². The van der Waals surface area contributed by atoms with Crippen LogP contribution in [0.5, 0.6) is 0 Å². The van der Waals surface area contributed by atoms with Crippen molar-refractivity contribution in [2.45, 2.75) is 19.8 Å². The second-order valence-electron chi connectivity index (χ2n) is 2.02. The number of aromatic nitrogens is 2. The van der Waals surface area contributed by atoms with Gasteiger partial charge in [0.2, 0.25) is 0 Å². The molecule has 0 radical (unpaired) electrons. The van der Waals surface area contributed by atoms with Gasteiger partial charge in [-0.1, -0.05) is 13.3 Å². The van der Waals surface area contributed by atoms with Crippen LogP contribution in [0.1, 0.15) is 19.0 Å². The normalized spacial score (nSPS) is 9.89. The summed E-state index contributed by atoms with van der Waals surface area (Å²) in [5.41, 5.74) is 1.20. The second kappa shape index (κ2) is 2.82. The Hall–Kier alpha value is -0.570. The molecule has 1 aromatic rings. The van der Waals surface area contributed by atoms with Crippen molar-refractivity contribution in [3.8, 4) is 0 Å². The minimum atomic E-state index is 0.721. The Morgan fingerprint density at radius 2 is 2.44 bits per heavy atom. The number of hydrogen-bond acceptors (Lipinski definition) is 1. The van der Waals surface area contributed by atoms with Crippen LogP contribution in [-0.4, -0.2) is 9.97 Å². The number of aromatic amines is 2. The van der Waals surface area contributed by atoms with Crippen LogP contribution < -0.4 is 0 Å². The van der Waals surface area contributed by atoms with Crippen LogP contribution in [0.15, 0.2) is 6.20 Å². The van der Waals surface area contributed by atoms with Gasteiger partial charge >= 0.3 is 0 Å². The number of aryl methyl sites for hydroxylation is 1. The van der Waals surface area contributed by atoms with E-state index >= 15 is 0 Å². The van der Waals surface area contributed by atoms with E-state index in [0.29, 0.717) is 0 Å². The number of nitrogens with one attached hydrogen (secondary N) is 2. The average Bonchev–Trinajstić information content (AvgIpc) is 2.17. The number of rotatable bonds is 2. The molecule has 0 fully saturated rings. The van der Waals surface area contributed by atoms with E-state index in [1.807, 2.05) is 6.20 Å². The molecule has 0 aliphatic carbocycles. The molecule has 0 unspecified atom stereocenters. The first-order valence-electron chi connectivity index (χ1n) is 3.09. The molecule has 0 bridgehead atoms. The van der Waals surface area contributed by atoms with E-state index in [2.05, 4.69) is 16.9 Å². The molecule has 2 nitrogen and oxygen atoms in total. The van der Waals surface area contributed by atoms with Crippen molar-refractivity contribution in [2.24, 2.45) is 0 Å². The maximum absolute atomic E-state index is 4.84. The molecule has 3 heteroatoms.